The van der Waals surface area contributed by atoms with Gasteiger partial charge in [-0.25, -0.2) is 9.80 Å². The van der Waals surface area contributed by atoms with Gasteiger partial charge in [-0.1, -0.05) is 12.1 Å². The molecule has 3 aliphatic heterocycles. The Hall–Kier alpha value is -3.23. The van der Waals surface area contributed by atoms with E-state index in [1.54, 1.807) is 12.1 Å². The van der Waals surface area contributed by atoms with Crippen molar-refractivity contribution in [1.29, 1.82) is 0 Å². The quantitative estimate of drug-likeness (QED) is 0.538. The summed E-state index contributed by atoms with van der Waals surface area (Å²) in [6.07, 6.45) is 0.905. The Labute approximate surface area is 160 Å². The number of methoxy groups -OCH3 is 1. The fraction of sp³-hybridized carbons (Fsp3) is 0.421. The van der Waals surface area contributed by atoms with E-state index in [1.807, 2.05) is 0 Å². The normalized spacial score (nSPS) is 24.8. The molecule has 0 bridgehead atoms. The zero-order chi connectivity index (χ0) is 20.0. The number of rotatable bonds is 2. The highest BCUT2D eigenvalue weighted by molar-refractivity contribution is 6.23. The molecule has 3 aliphatic rings. The van der Waals surface area contributed by atoms with Crippen LogP contribution in [0.2, 0.25) is 0 Å². The lowest BCUT2D eigenvalue weighted by atomic mass is 10.1. The molecule has 2 atom stereocenters. The monoisotopic (exact) mass is 385 g/mol. The lowest BCUT2D eigenvalue weighted by Gasteiger charge is -2.42. The molecule has 3 heterocycles. The Morgan fingerprint density at radius 3 is 2.29 bits per heavy atom. The molecule has 28 heavy (non-hydrogen) atoms. The van der Waals surface area contributed by atoms with Crippen molar-refractivity contribution in [3.63, 3.8) is 0 Å². The molecule has 9 heteroatoms. The van der Waals surface area contributed by atoms with Gasteiger partial charge in [0.15, 0.2) is 6.04 Å². The average molecular weight is 385 g/mol. The van der Waals surface area contributed by atoms with E-state index in [0.717, 1.165) is 9.91 Å². The molecule has 0 spiro atoms. The van der Waals surface area contributed by atoms with Crippen LogP contribution in [0.5, 0.6) is 0 Å². The fourth-order valence-corrected chi connectivity index (χ4v) is 4.10. The highest BCUT2D eigenvalue weighted by Gasteiger charge is 2.50. The maximum absolute atomic E-state index is 13.4. The van der Waals surface area contributed by atoms with Crippen molar-refractivity contribution in [2.45, 2.75) is 37.8 Å². The van der Waals surface area contributed by atoms with Crippen LogP contribution >= 0.6 is 0 Å². The minimum atomic E-state index is -1.15. The third-order valence-corrected chi connectivity index (χ3v) is 5.44. The predicted molar refractivity (Wildman–Crippen MR) is 93.6 cm³/mol. The van der Waals surface area contributed by atoms with Crippen LogP contribution in [0.3, 0.4) is 0 Å². The lowest BCUT2D eigenvalue weighted by Crippen LogP contribution is -2.62. The summed E-state index contributed by atoms with van der Waals surface area (Å²) in [5.41, 5.74) is 0.465. The number of carbonyl (C=O) groups excluding carboxylic acids is 5. The molecule has 1 aromatic carbocycles. The molecule has 2 unspecified atom stereocenters. The zero-order valence-electron chi connectivity index (χ0n) is 15.3. The van der Waals surface area contributed by atoms with Crippen molar-refractivity contribution < 1.29 is 28.7 Å². The number of amides is 4. The number of imide groups is 1. The smallest absolute Gasteiger partial charge is 0.330 e. The standard InChI is InChI=1S/C19H19N3O6/c1-28-19(27)14-7-4-10-20-15(23)9-8-13(18(26)22(14)20)21-16(24)11-5-2-3-6-12(11)17(21)25/h2-3,5-6,13-14H,4,7-10H2,1H3. The van der Waals surface area contributed by atoms with Crippen LogP contribution in [0.4, 0.5) is 0 Å². The summed E-state index contributed by atoms with van der Waals surface area (Å²) in [5.74, 6) is -2.69. The second kappa shape index (κ2) is 6.74. The minimum Gasteiger partial charge on any atom is -0.467 e. The van der Waals surface area contributed by atoms with Gasteiger partial charge < -0.3 is 4.74 Å². The van der Waals surface area contributed by atoms with Gasteiger partial charge in [0.05, 0.1) is 18.2 Å². The van der Waals surface area contributed by atoms with Crippen LogP contribution in [0.1, 0.15) is 46.4 Å². The number of carbonyl (C=O) groups is 5. The van der Waals surface area contributed by atoms with Gasteiger partial charge in [-0.2, -0.15) is 0 Å². The van der Waals surface area contributed by atoms with Gasteiger partial charge in [0.2, 0.25) is 5.91 Å². The Kier molecular flexibility index (Phi) is 4.37. The summed E-state index contributed by atoms with van der Waals surface area (Å²) in [6, 6.07) is 4.26. The molecule has 2 saturated heterocycles. The average Bonchev–Trinajstić information content (AvgIpc) is 2.89. The first-order valence-corrected chi connectivity index (χ1v) is 9.13. The number of ether oxygens (including phenoxy) is 1. The number of fused-ring (bicyclic) bond motifs is 2. The van der Waals surface area contributed by atoms with Gasteiger partial charge in [0, 0.05) is 13.0 Å². The van der Waals surface area contributed by atoms with Gasteiger partial charge in [-0.15, -0.1) is 0 Å². The second-order valence-corrected chi connectivity index (χ2v) is 6.96. The molecular weight excluding hydrogens is 366 g/mol. The molecule has 9 nitrogen and oxygen atoms in total. The van der Waals surface area contributed by atoms with Gasteiger partial charge in [-0.05, 0) is 31.4 Å². The Morgan fingerprint density at radius 1 is 1.04 bits per heavy atom. The van der Waals surface area contributed by atoms with Crippen molar-refractivity contribution in [2.75, 3.05) is 13.7 Å². The summed E-state index contributed by atoms with van der Waals surface area (Å²) in [7, 11) is 1.22. The SMILES string of the molecule is COC(=O)C1CCCN2C(=O)CCC(N3C(=O)c4ccccc4C3=O)C(=O)N12. The Morgan fingerprint density at radius 2 is 1.68 bits per heavy atom. The van der Waals surface area contributed by atoms with E-state index in [9.17, 15) is 24.0 Å². The number of hydrazine groups is 1. The van der Waals surface area contributed by atoms with E-state index in [1.165, 1.54) is 24.3 Å². The van der Waals surface area contributed by atoms with E-state index in [-0.39, 0.29) is 29.9 Å². The summed E-state index contributed by atoms with van der Waals surface area (Å²) in [6.45, 7) is 0.299. The Balaban J connectivity index is 1.72. The van der Waals surface area contributed by atoms with Crippen LogP contribution in [0, 0.1) is 0 Å². The van der Waals surface area contributed by atoms with E-state index >= 15 is 0 Å². The van der Waals surface area contributed by atoms with Crippen molar-refractivity contribution >= 4 is 29.6 Å². The van der Waals surface area contributed by atoms with Crippen LogP contribution in [0.15, 0.2) is 24.3 Å². The van der Waals surface area contributed by atoms with Crippen LogP contribution in [-0.4, -0.2) is 70.3 Å². The van der Waals surface area contributed by atoms with Crippen LogP contribution in [-0.2, 0) is 19.1 Å². The minimum absolute atomic E-state index is 0.00575. The number of hydrogen-bond donors (Lipinski definition) is 0. The number of nitrogens with zero attached hydrogens (tertiary/aromatic N) is 3. The predicted octanol–water partition coefficient (Wildman–Crippen LogP) is 0.353. The van der Waals surface area contributed by atoms with E-state index in [4.69, 9.17) is 4.74 Å². The summed E-state index contributed by atoms with van der Waals surface area (Å²) in [4.78, 5) is 64.7. The fourth-order valence-electron chi connectivity index (χ4n) is 4.10. The molecular formula is C19H19N3O6. The topological polar surface area (TPSA) is 104 Å². The molecule has 0 radical (unpaired) electrons. The maximum atomic E-state index is 13.4. The third kappa shape index (κ3) is 2.57. The molecule has 4 amide bonds. The maximum Gasteiger partial charge on any atom is 0.330 e. The molecule has 4 rings (SSSR count). The van der Waals surface area contributed by atoms with Crippen LogP contribution in [0.25, 0.3) is 0 Å². The molecule has 1 aromatic rings. The summed E-state index contributed by atoms with van der Waals surface area (Å²) in [5, 5.41) is 2.35. The van der Waals surface area contributed by atoms with Gasteiger partial charge in [0.25, 0.3) is 17.7 Å². The zero-order valence-corrected chi connectivity index (χ0v) is 15.3. The number of benzene rings is 1. The first-order valence-electron chi connectivity index (χ1n) is 9.13. The number of esters is 1. The van der Waals surface area contributed by atoms with Crippen molar-refractivity contribution in [1.82, 2.24) is 14.9 Å². The Bertz CT molecular complexity index is 862. The number of hydrogen-bond acceptors (Lipinski definition) is 6. The first-order chi connectivity index (χ1) is 13.5. The summed E-state index contributed by atoms with van der Waals surface area (Å²) < 4.78 is 4.80. The second-order valence-electron chi connectivity index (χ2n) is 6.96. The van der Waals surface area contributed by atoms with Gasteiger partial charge >= 0.3 is 5.97 Å². The first kappa shape index (κ1) is 18.1. The highest BCUT2D eigenvalue weighted by atomic mass is 16.5. The van der Waals surface area contributed by atoms with E-state index in [0.29, 0.717) is 19.4 Å². The molecule has 0 saturated carbocycles. The highest BCUT2D eigenvalue weighted by Crippen LogP contribution is 2.31. The molecule has 0 N–H and O–H groups in total. The molecule has 146 valence electrons. The van der Waals surface area contributed by atoms with E-state index < -0.39 is 35.8 Å². The summed E-state index contributed by atoms with van der Waals surface area (Å²) >= 11 is 0. The van der Waals surface area contributed by atoms with Crippen molar-refractivity contribution in [3.05, 3.63) is 35.4 Å². The van der Waals surface area contributed by atoms with Crippen molar-refractivity contribution in [3.8, 4) is 0 Å². The molecule has 0 aromatic heterocycles. The largest absolute Gasteiger partial charge is 0.467 e. The van der Waals surface area contributed by atoms with Gasteiger partial charge in [0.1, 0.15) is 6.04 Å². The molecule has 2 fully saturated rings. The molecule has 0 aliphatic carbocycles. The van der Waals surface area contributed by atoms with Crippen LogP contribution < -0.4 is 0 Å². The van der Waals surface area contributed by atoms with Gasteiger partial charge in [-0.3, -0.25) is 29.1 Å². The van der Waals surface area contributed by atoms with Crippen molar-refractivity contribution in [2.24, 2.45) is 0 Å². The van der Waals surface area contributed by atoms with E-state index in [2.05, 4.69) is 0 Å². The lowest BCUT2D eigenvalue weighted by molar-refractivity contribution is -0.182. The third-order valence-electron chi connectivity index (χ3n) is 5.44.